The van der Waals surface area contributed by atoms with Gasteiger partial charge < -0.3 is 4.74 Å². The third kappa shape index (κ3) is 6.66. The Balaban J connectivity index is 3.50. The second-order valence-electron chi connectivity index (χ2n) is 3.57. The van der Waals surface area contributed by atoms with E-state index in [1.807, 2.05) is 0 Å². The third-order valence-corrected chi connectivity index (χ3v) is 1.95. The first-order valence-electron chi connectivity index (χ1n) is 5.20. The van der Waals surface area contributed by atoms with E-state index in [-0.39, 0.29) is 0 Å². The number of ether oxygens (including phenoxy) is 1. The molecule has 0 aromatic heterocycles. The number of nitrogens with two attached hydrogens (primary N) is 1. The molecule has 0 aliphatic carbocycles. The smallest absolute Gasteiger partial charge is 0.334 e. The average molecular weight is 199 g/mol. The molecule has 0 heterocycles. The van der Waals surface area contributed by atoms with Crippen LogP contribution in [0.15, 0.2) is 12.2 Å². The Morgan fingerprint density at radius 2 is 2.07 bits per heavy atom. The van der Waals surface area contributed by atoms with E-state index in [1.54, 1.807) is 6.92 Å². The maximum atomic E-state index is 11.0. The van der Waals surface area contributed by atoms with Crippen molar-refractivity contribution in [1.29, 1.82) is 0 Å². The number of carbonyl (C=O) groups excluding carboxylic acids is 1. The molecular weight excluding hydrogens is 178 g/mol. The van der Waals surface area contributed by atoms with Crippen LogP contribution in [0.25, 0.3) is 0 Å². The molecule has 0 aliphatic rings. The van der Waals surface area contributed by atoms with Crippen molar-refractivity contribution in [2.45, 2.75) is 52.2 Å². The van der Waals surface area contributed by atoms with E-state index >= 15 is 0 Å². The monoisotopic (exact) mass is 199 g/mol. The Morgan fingerprint density at radius 3 is 2.57 bits per heavy atom. The highest BCUT2D eigenvalue weighted by Gasteiger charge is 2.09. The fourth-order valence-corrected chi connectivity index (χ4v) is 1.07. The average Bonchev–Trinajstić information content (AvgIpc) is 2.12. The second kappa shape index (κ2) is 7.56. The summed E-state index contributed by atoms with van der Waals surface area (Å²) in [5, 5.41) is 0. The lowest BCUT2D eigenvalue weighted by Crippen LogP contribution is -2.27. The van der Waals surface area contributed by atoms with Crippen molar-refractivity contribution in [3.8, 4) is 0 Å². The van der Waals surface area contributed by atoms with Crippen molar-refractivity contribution in [3.63, 3.8) is 0 Å². The third-order valence-electron chi connectivity index (χ3n) is 1.95. The molecule has 0 aromatic rings. The van der Waals surface area contributed by atoms with Crippen molar-refractivity contribution in [3.05, 3.63) is 12.2 Å². The van der Waals surface area contributed by atoms with Crippen LogP contribution in [-0.2, 0) is 9.53 Å². The summed E-state index contributed by atoms with van der Waals surface area (Å²) in [5.74, 6) is -0.395. The number of hydrogen-bond acceptors (Lipinski definition) is 3. The number of carbonyl (C=O) groups is 1. The molecule has 1 atom stereocenters. The summed E-state index contributed by atoms with van der Waals surface area (Å²) in [6, 6.07) is 0. The van der Waals surface area contributed by atoms with Crippen LogP contribution in [0.2, 0.25) is 0 Å². The van der Waals surface area contributed by atoms with Gasteiger partial charge >= 0.3 is 5.97 Å². The highest BCUT2D eigenvalue weighted by Crippen LogP contribution is 2.06. The minimum atomic E-state index is -0.476. The quantitative estimate of drug-likeness (QED) is 0.296. The van der Waals surface area contributed by atoms with E-state index in [0.29, 0.717) is 5.57 Å². The number of rotatable bonds is 7. The molecule has 0 spiro atoms. The van der Waals surface area contributed by atoms with Crippen LogP contribution >= 0.6 is 0 Å². The van der Waals surface area contributed by atoms with Crippen LogP contribution in [0.3, 0.4) is 0 Å². The molecule has 3 heteroatoms. The molecule has 0 rings (SSSR count). The largest absolute Gasteiger partial charge is 0.443 e. The lowest BCUT2D eigenvalue weighted by Gasteiger charge is -2.12. The van der Waals surface area contributed by atoms with Gasteiger partial charge in [-0.05, 0) is 19.8 Å². The maximum Gasteiger partial charge on any atom is 0.334 e. The van der Waals surface area contributed by atoms with Gasteiger partial charge in [0, 0.05) is 5.57 Å². The van der Waals surface area contributed by atoms with Crippen molar-refractivity contribution in [2.24, 2.45) is 5.73 Å². The Hall–Kier alpha value is -0.830. The summed E-state index contributed by atoms with van der Waals surface area (Å²) in [6.07, 6.45) is 4.82. The van der Waals surface area contributed by atoms with Gasteiger partial charge in [-0.1, -0.05) is 32.8 Å². The van der Waals surface area contributed by atoms with Crippen molar-refractivity contribution in [2.75, 3.05) is 0 Å². The normalized spacial score (nSPS) is 12.2. The summed E-state index contributed by atoms with van der Waals surface area (Å²) >= 11 is 0. The van der Waals surface area contributed by atoms with Crippen molar-refractivity contribution < 1.29 is 9.53 Å². The topological polar surface area (TPSA) is 52.3 Å². The maximum absolute atomic E-state index is 11.0. The van der Waals surface area contributed by atoms with E-state index < -0.39 is 12.2 Å². The molecule has 14 heavy (non-hydrogen) atoms. The van der Waals surface area contributed by atoms with Gasteiger partial charge in [0.2, 0.25) is 0 Å². The van der Waals surface area contributed by atoms with Crippen LogP contribution in [0.5, 0.6) is 0 Å². The zero-order valence-corrected chi connectivity index (χ0v) is 9.21. The van der Waals surface area contributed by atoms with Gasteiger partial charge in [-0.15, -0.1) is 0 Å². The Kier molecular flexibility index (Phi) is 7.11. The van der Waals surface area contributed by atoms with Gasteiger partial charge in [0.25, 0.3) is 0 Å². The molecule has 2 N–H and O–H groups in total. The molecule has 0 aliphatic heterocycles. The van der Waals surface area contributed by atoms with Gasteiger partial charge in [-0.25, -0.2) is 4.79 Å². The summed E-state index contributed by atoms with van der Waals surface area (Å²) in [7, 11) is 0. The SMILES string of the molecule is C=C(C)C(=O)OC(N)CCCCCC. The first-order chi connectivity index (χ1) is 6.57. The Morgan fingerprint density at radius 1 is 1.43 bits per heavy atom. The van der Waals surface area contributed by atoms with Gasteiger partial charge in [0.05, 0.1) is 0 Å². The molecule has 3 nitrogen and oxygen atoms in total. The number of esters is 1. The van der Waals surface area contributed by atoms with Crippen LogP contribution in [0, 0.1) is 0 Å². The van der Waals surface area contributed by atoms with E-state index in [9.17, 15) is 4.79 Å². The highest BCUT2D eigenvalue weighted by molar-refractivity contribution is 5.87. The summed E-state index contributed by atoms with van der Waals surface area (Å²) in [5.41, 5.74) is 6.01. The Bertz CT molecular complexity index is 190. The minimum Gasteiger partial charge on any atom is -0.443 e. The Labute approximate surface area is 86.3 Å². The van der Waals surface area contributed by atoms with Crippen molar-refractivity contribution in [1.82, 2.24) is 0 Å². The van der Waals surface area contributed by atoms with Gasteiger partial charge in [0.1, 0.15) is 0 Å². The molecule has 0 saturated carbocycles. The van der Waals surface area contributed by atoms with Gasteiger partial charge in [-0.3, -0.25) is 5.73 Å². The number of unbranched alkanes of at least 4 members (excludes halogenated alkanes) is 3. The molecule has 0 aromatic carbocycles. The molecule has 0 fully saturated rings. The molecule has 0 amide bonds. The van der Waals surface area contributed by atoms with E-state index in [4.69, 9.17) is 10.5 Å². The molecule has 1 unspecified atom stereocenters. The highest BCUT2D eigenvalue weighted by atomic mass is 16.6. The molecule has 0 saturated heterocycles. The first kappa shape index (κ1) is 13.2. The molecule has 0 bridgehead atoms. The van der Waals surface area contributed by atoms with Crippen molar-refractivity contribution >= 4 is 5.97 Å². The van der Waals surface area contributed by atoms with Crippen LogP contribution in [0.1, 0.15) is 46.0 Å². The van der Waals surface area contributed by atoms with E-state index in [1.165, 1.54) is 12.8 Å². The van der Waals surface area contributed by atoms with E-state index in [0.717, 1.165) is 19.3 Å². The molecular formula is C11H21NO2. The van der Waals surface area contributed by atoms with Crippen LogP contribution < -0.4 is 5.73 Å². The van der Waals surface area contributed by atoms with Gasteiger partial charge in [0.15, 0.2) is 6.23 Å². The zero-order valence-electron chi connectivity index (χ0n) is 9.21. The minimum absolute atomic E-state index is 0.395. The number of hydrogen-bond donors (Lipinski definition) is 1. The second-order valence-corrected chi connectivity index (χ2v) is 3.57. The van der Waals surface area contributed by atoms with Crippen LogP contribution in [0.4, 0.5) is 0 Å². The fourth-order valence-electron chi connectivity index (χ4n) is 1.07. The molecule has 0 radical (unpaired) electrons. The predicted octanol–water partition coefficient (Wildman–Crippen LogP) is 2.36. The zero-order chi connectivity index (χ0) is 11.0. The van der Waals surface area contributed by atoms with Crippen LogP contribution in [-0.4, -0.2) is 12.2 Å². The first-order valence-corrected chi connectivity index (χ1v) is 5.20. The summed E-state index contributed by atoms with van der Waals surface area (Å²) in [4.78, 5) is 11.0. The standard InChI is InChI=1S/C11H21NO2/c1-4-5-6-7-8-10(12)14-11(13)9(2)3/h10H,2,4-8,12H2,1,3H3. The lowest BCUT2D eigenvalue weighted by atomic mass is 10.1. The van der Waals surface area contributed by atoms with E-state index in [2.05, 4.69) is 13.5 Å². The predicted molar refractivity (Wildman–Crippen MR) is 57.6 cm³/mol. The van der Waals surface area contributed by atoms with Gasteiger partial charge in [-0.2, -0.15) is 0 Å². The fraction of sp³-hybridized carbons (Fsp3) is 0.727. The molecule has 82 valence electrons. The summed E-state index contributed by atoms with van der Waals surface area (Å²) < 4.78 is 4.93. The lowest BCUT2D eigenvalue weighted by molar-refractivity contribution is -0.144. The summed E-state index contributed by atoms with van der Waals surface area (Å²) in [6.45, 7) is 7.26.